The van der Waals surface area contributed by atoms with Crippen LogP contribution in [0.15, 0.2) is 24.3 Å². The van der Waals surface area contributed by atoms with Gasteiger partial charge < -0.3 is 5.11 Å². The first kappa shape index (κ1) is 15.9. The average molecular weight is 292 g/mol. The van der Waals surface area contributed by atoms with E-state index in [4.69, 9.17) is 0 Å². The molecule has 116 valence electrons. The summed E-state index contributed by atoms with van der Waals surface area (Å²) in [5, 5.41) is 20.2. The summed E-state index contributed by atoms with van der Waals surface area (Å²) in [5.41, 5.74) is 1.27. The number of aliphatic hydroxyl groups is 1. The molecule has 1 fully saturated rings. The van der Waals surface area contributed by atoms with Crippen LogP contribution in [0, 0.1) is 10.1 Å². The van der Waals surface area contributed by atoms with Gasteiger partial charge in [-0.05, 0) is 44.7 Å². The van der Waals surface area contributed by atoms with E-state index in [-0.39, 0.29) is 16.7 Å². The molecule has 5 heteroatoms. The zero-order chi connectivity index (χ0) is 15.2. The third kappa shape index (κ3) is 4.79. The highest BCUT2D eigenvalue weighted by molar-refractivity contribution is 5.32. The summed E-state index contributed by atoms with van der Waals surface area (Å²) in [6, 6.07) is 7.28. The van der Waals surface area contributed by atoms with Crippen LogP contribution < -0.4 is 0 Å². The molecule has 1 saturated heterocycles. The summed E-state index contributed by atoms with van der Waals surface area (Å²) in [6.07, 6.45) is 5.09. The van der Waals surface area contributed by atoms with Crippen LogP contribution in [0.25, 0.3) is 0 Å². The molecule has 0 bridgehead atoms. The van der Waals surface area contributed by atoms with E-state index < -0.39 is 0 Å². The lowest BCUT2D eigenvalue weighted by atomic mass is 9.96. The topological polar surface area (TPSA) is 66.6 Å². The Balaban J connectivity index is 1.89. The fourth-order valence-corrected chi connectivity index (χ4v) is 3.07. The van der Waals surface area contributed by atoms with Gasteiger partial charge in [-0.1, -0.05) is 18.6 Å². The van der Waals surface area contributed by atoms with Crippen LogP contribution in [0.1, 0.15) is 38.2 Å². The normalized spacial score (nSPS) is 21.1. The minimum absolute atomic E-state index is 0.142. The van der Waals surface area contributed by atoms with Gasteiger partial charge in [-0.3, -0.25) is 15.0 Å². The lowest BCUT2D eigenvalue weighted by Gasteiger charge is -2.36. The van der Waals surface area contributed by atoms with Gasteiger partial charge in [0.1, 0.15) is 0 Å². The van der Waals surface area contributed by atoms with Gasteiger partial charge in [-0.2, -0.15) is 0 Å². The summed E-state index contributed by atoms with van der Waals surface area (Å²) in [6.45, 7) is 3.89. The molecule has 0 aliphatic carbocycles. The van der Waals surface area contributed by atoms with Gasteiger partial charge in [-0.25, -0.2) is 0 Å². The Morgan fingerprint density at radius 1 is 1.38 bits per heavy atom. The molecular weight excluding hydrogens is 268 g/mol. The number of likely N-dealkylation sites (tertiary alicyclic amines) is 1. The third-order valence-corrected chi connectivity index (χ3v) is 4.20. The van der Waals surface area contributed by atoms with E-state index in [0.29, 0.717) is 6.04 Å². The van der Waals surface area contributed by atoms with Crippen molar-refractivity contribution in [3.63, 3.8) is 0 Å². The molecule has 21 heavy (non-hydrogen) atoms. The van der Waals surface area contributed by atoms with Crippen LogP contribution in [-0.2, 0) is 6.42 Å². The van der Waals surface area contributed by atoms with E-state index in [1.807, 2.05) is 19.1 Å². The predicted molar refractivity (Wildman–Crippen MR) is 82.3 cm³/mol. The second-order valence-electron chi connectivity index (χ2n) is 5.94. The minimum atomic E-state index is -0.368. The van der Waals surface area contributed by atoms with E-state index >= 15 is 0 Å². The number of rotatable bonds is 6. The minimum Gasteiger partial charge on any atom is -0.393 e. The van der Waals surface area contributed by atoms with Crippen molar-refractivity contribution in [3.05, 3.63) is 39.9 Å². The summed E-state index contributed by atoms with van der Waals surface area (Å²) in [7, 11) is 0. The van der Waals surface area contributed by atoms with E-state index in [1.165, 1.54) is 12.8 Å². The molecule has 2 atom stereocenters. The van der Waals surface area contributed by atoms with Crippen molar-refractivity contribution >= 4 is 5.69 Å². The van der Waals surface area contributed by atoms with Gasteiger partial charge in [0.15, 0.2) is 0 Å². The van der Waals surface area contributed by atoms with Gasteiger partial charge in [0.05, 0.1) is 11.0 Å². The van der Waals surface area contributed by atoms with Crippen molar-refractivity contribution in [2.75, 3.05) is 13.1 Å². The molecule has 1 N–H and O–H groups in total. The Bertz CT molecular complexity index is 459. The fraction of sp³-hybridized carbons (Fsp3) is 0.625. The van der Waals surface area contributed by atoms with Crippen molar-refractivity contribution in [2.45, 2.75) is 51.2 Å². The second kappa shape index (κ2) is 7.52. The van der Waals surface area contributed by atoms with Crippen LogP contribution in [0.4, 0.5) is 5.69 Å². The van der Waals surface area contributed by atoms with Crippen LogP contribution in [0.5, 0.6) is 0 Å². The van der Waals surface area contributed by atoms with E-state index in [1.54, 1.807) is 12.1 Å². The number of hydrogen-bond acceptors (Lipinski definition) is 4. The molecule has 0 amide bonds. The Hall–Kier alpha value is -1.46. The Kier molecular flexibility index (Phi) is 5.70. The number of piperidine rings is 1. The fourth-order valence-electron chi connectivity index (χ4n) is 3.07. The van der Waals surface area contributed by atoms with Crippen molar-refractivity contribution in [2.24, 2.45) is 0 Å². The summed E-state index contributed by atoms with van der Waals surface area (Å²) in [5.74, 6) is 0. The quantitative estimate of drug-likeness (QED) is 0.646. The van der Waals surface area contributed by atoms with Crippen molar-refractivity contribution in [3.8, 4) is 0 Å². The largest absolute Gasteiger partial charge is 0.393 e. The molecule has 0 saturated carbocycles. The first-order valence-corrected chi connectivity index (χ1v) is 7.71. The maximum atomic E-state index is 10.6. The van der Waals surface area contributed by atoms with Gasteiger partial charge in [0.2, 0.25) is 0 Å². The van der Waals surface area contributed by atoms with Gasteiger partial charge in [0, 0.05) is 24.7 Å². The Morgan fingerprint density at radius 3 is 2.71 bits per heavy atom. The maximum absolute atomic E-state index is 10.6. The molecule has 0 radical (unpaired) electrons. The highest BCUT2D eigenvalue weighted by Gasteiger charge is 2.23. The lowest BCUT2D eigenvalue weighted by Crippen LogP contribution is -2.42. The Morgan fingerprint density at radius 2 is 2.10 bits per heavy atom. The molecule has 1 aromatic carbocycles. The van der Waals surface area contributed by atoms with Crippen LogP contribution in [-0.4, -0.2) is 40.2 Å². The van der Waals surface area contributed by atoms with Gasteiger partial charge in [-0.15, -0.1) is 0 Å². The highest BCUT2D eigenvalue weighted by Crippen LogP contribution is 2.21. The van der Waals surface area contributed by atoms with E-state index in [2.05, 4.69) is 4.90 Å². The van der Waals surface area contributed by atoms with Gasteiger partial charge in [0.25, 0.3) is 5.69 Å². The number of nitro groups is 1. The van der Waals surface area contributed by atoms with Gasteiger partial charge >= 0.3 is 0 Å². The van der Waals surface area contributed by atoms with E-state index in [9.17, 15) is 15.2 Å². The SMILES string of the molecule is CC(O)CC1CCCCN1CCc1ccc([N+](=O)[O-])cc1. The number of nitro benzene ring substituents is 1. The standard InChI is InChI=1S/C16H24N2O3/c1-13(19)12-16-4-2-3-10-17(16)11-9-14-5-7-15(8-6-14)18(20)21/h5-8,13,16,19H,2-4,9-12H2,1H3. The molecule has 0 spiro atoms. The smallest absolute Gasteiger partial charge is 0.269 e. The Labute approximate surface area is 125 Å². The first-order chi connectivity index (χ1) is 10.1. The molecule has 2 unspecified atom stereocenters. The monoisotopic (exact) mass is 292 g/mol. The maximum Gasteiger partial charge on any atom is 0.269 e. The molecule has 1 heterocycles. The van der Waals surface area contributed by atoms with Crippen LogP contribution in [0.2, 0.25) is 0 Å². The highest BCUT2D eigenvalue weighted by atomic mass is 16.6. The molecule has 2 rings (SSSR count). The molecule has 5 nitrogen and oxygen atoms in total. The second-order valence-corrected chi connectivity index (χ2v) is 5.94. The first-order valence-electron chi connectivity index (χ1n) is 7.71. The van der Waals surface area contributed by atoms with E-state index in [0.717, 1.165) is 37.9 Å². The van der Waals surface area contributed by atoms with Crippen LogP contribution in [0.3, 0.4) is 0 Å². The molecular formula is C16H24N2O3. The number of hydrogen-bond donors (Lipinski definition) is 1. The number of non-ortho nitro benzene ring substituents is 1. The summed E-state index contributed by atoms with van der Waals surface area (Å²) >= 11 is 0. The third-order valence-electron chi connectivity index (χ3n) is 4.20. The number of benzene rings is 1. The summed E-state index contributed by atoms with van der Waals surface area (Å²) in [4.78, 5) is 12.7. The van der Waals surface area contributed by atoms with Crippen molar-refractivity contribution < 1.29 is 10.0 Å². The number of aliphatic hydroxyl groups excluding tert-OH is 1. The lowest BCUT2D eigenvalue weighted by molar-refractivity contribution is -0.384. The zero-order valence-corrected chi connectivity index (χ0v) is 12.6. The number of nitrogens with zero attached hydrogens (tertiary/aromatic N) is 2. The van der Waals surface area contributed by atoms with Crippen molar-refractivity contribution in [1.29, 1.82) is 0 Å². The summed E-state index contributed by atoms with van der Waals surface area (Å²) < 4.78 is 0. The van der Waals surface area contributed by atoms with Crippen LogP contribution >= 0.6 is 0 Å². The molecule has 1 aliphatic rings. The molecule has 1 aliphatic heterocycles. The molecule has 1 aromatic rings. The zero-order valence-electron chi connectivity index (χ0n) is 12.6. The van der Waals surface area contributed by atoms with Crippen molar-refractivity contribution in [1.82, 2.24) is 4.90 Å². The predicted octanol–water partition coefficient (Wildman–Crippen LogP) is 2.76. The average Bonchev–Trinajstić information content (AvgIpc) is 2.46. The molecule has 0 aromatic heterocycles.